The second-order valence-electron chi connectivity index (χ2n) is 0. The summed E-state index contributed by atoms with van der Waals surface area (Å²) in [6.07, 6.45) is 0. The largest absolute Gasteiger partial charge is 2.00 e. The third kappa shape index (κ3) is 635. The Morgan fingerprint density at radius 2 is 0.429 bits per heavy atom. The molecule has 0 aliphatic heterocycles. The van der Waals surface area contributed by atoms with Crippen molar-refractivity contribution in [1.29, 1.82) is 0 Å². The average Bonchev–Trinajstić information content (AvgIpc) is 0. The first-order chi connectivity index (χ1) is 0. The number of rotatable bonds is 0. The molecule has 0 saturated carbocycles. The van der Waals surface area contributed by atoms with E-state index in [1.807, 2.05) is 0 Å². The molecule has 7 heavy (non-hydrogen) atoms. The molecule has 0 atom stereocenters. The first-order valence-corrected chi connectivity index (χ1v) is 0. The number of hydrogen-bond donors (Lipinski definition) is 0. The van der Waals surface area contributed by atoms with Gasteiger partial charge >= 0.3 is 21.1 Å². The van der Waals surface area contributed by atoms with Gasteiger partial charge in [0.05, 0.1) is 0 Å². The summed E-state index contributed by atoms with van der Waals surface area (Å²) in [7, 11) is 0. The maximum absolute atomic E-state index is 0. The van der Waals surface area contributed by atoms with Crippen molar-refractivity contribution in [3.8, 4) is 0 Å². The molecule has 0 unspecified atom stereocenters. The molecule has 0 aromatic heterocycles. The van der Waals surface area contributed by atoms with Crippen molar-refractivity contribution < 1.29 is 53.9 Å². The minimum atomic E-state index is 0. The second kappa shape index (κ2) is 952. The van der Waals surface area contributed by atoms with Gasteiger partial charge in [-0.05, 0) is 0 Å². The van der Waals surface area contributed by atoms with E-state index in [9.17, 15) is 0 Å². The molecule has 0 spiro atoms. The topological polar surface area (TPSA) is 186 Å². The SMILES string of the molecule is O.O.O.O.[OH-].[OH-].[Pt+2]. The van der Waals surface area contributed by atoms with Gasteiger partial charge in [0.2, 0.25) is 0 Å². The van der Waals surface area contributed by atoms with Crippen LogP contribution in [0.25, 0.3) is 0 Å². The summed E-state index contributed by atoms with van der Waals surface area (Å²) in [4.78, 5) is 0. The minimum Gasteiger partial charge on any atom is -0.870 e. The van der Waals surface area contributed by atoms with Crippen LogP contribution in [0.5, 0.6) is 0 Å². The van der Waals surface area contributed by atoms with Crippen LogP contribution in [0.4, 0.5) is 0 Å². The third-order valence-electron chi connectivity index (χ3n) is 0. The summed E-state index contributed by atoms with van der Waals surface area (Å²) in [6.45, 7) is 0. The molecule has 6 nitrogen and oxygen atoms in total. The Hall–Kier alpha value is 0.448. The summed E-state index contributed by atoms with van der Waals surface area (Å²) in [5.74, 6) is 0. The zero-order valence-corrected chi connectivity index (χ0v) is 5.48. The Labute approximate surface area is 54.6 Å². The van der Waals surface area contributed by atoms with Gasteiger partial charge < -0.3 is 32.9 Å². The van der Waals surface area contributed by atoms with Crippen molar-refractivity contribution in [2.75, 3.05) is 0 Å². The zero-order valence-electron chi connectivity index (χ0n) is 3.21. The quantitative estimate of drug-likeness (QED) is 0.446. The smallest absolute Gasteiger partial charge is 0.870 e. The first kappa shape index (κ1) is 1540. The molecule has 0 bridgehead atoms. The summed E-state index contributed by atoms with van der Waals surface area (Å²) >= 11 is 0. The molecule has 0 aromatic carbocycles. The standard InChI is InChI=1S/6H2O.Pt/h6*1H2;/q;;;;;;+2/p-2. The van der Waals surface area contributed by atoms with Crippen LogP contribution in [0.15, 0.2) is 0 Å². The van der Waals surface area contributed by atoms with Crippen molar-refractivity contribution in [2.45, 2.75) is 0 Å². The van der Waals surface area contributed by atoms with Crippen LogP contribution in [0.2, 0.25) is 0 Å². The van der Waals surface area contributed by atoms with Crippen LogP contribution in [-0.2, 0) is 21.1 Å². The predicted octanol–water partition coefficient (Wildman–Crippen LogP) is -3.65. The molecule has 0 amide bonds. The van der Waals surface area contributed by atoms with E-state index in [1.165, 1.54) is 0 Å². The van der Waals surface area contributed by atoms with E-state index in [0.717, 1.165) is 0 Å². The third-order valence-corrected chi connectivity index (χ3v) is 0. The molecule has 0 aliphatic carbocycles. The maximum Gasteiger partial charge on any atom is 2.00 e. The van der Waals surface area contributed by atoms with E-state index < -0.39 is 0 Å². The molecule has 0 radical (unpaired) electrons. The molecule has 0 rings (SSSR count). The fraction of sp³-hybridized carbons (Fsp3) is 0. The van der Waals surface area contributed by atoms with Crippen LogP contribution in [0.1, 0.15) is 0 Å². The van der Waals surface area contributed by atoms with E-state index >= 15 is 0 Å². The molecule has 0 fully saturated rings. The van der Waals surface area contributed by atoms with Crippen LogP contribution in [0, 0.1) is 0 Å². The fourth-order valence-corrected chi connectivity index (χ4v) is 0. The minimum absolute atomic E-state index is 0. The zero-order chi connectivity index (χ0) is 0. The molecular weight excluding hydrogens is 291 g/mol. The van der Waals surface area contributed by atoms with Gasteiger partial charge in [-0.1, -0.05) is 0 Å². The molecule has 0 aromatic rings. The van der Waals surface area contributed by atoms with Crippen LogP contribution < -0.4 is 0 Å². The van der Waals surface area contributed by atoms with Gasteiger partial charge in [0.25, 0.3) is 0 Å². The van der Waals surface area contributed by atoms with Gasteiger partial charge in [-0.2, -0.15) is 0 Å². The summed E-state index contributed by atoms with van der Waals surface area (Å²) in [5.41, 5.74) is 0. The summed E-state index contributed by atoms with van der Waals surface area (Å²) < 4.78 is 0. The monoisotopic (exact) mass is 301 g/mol. The molecule has 0 saturated heterocycles. The van der Waals surface area contributed by atoms with Gasteiger partial charge in [0.15, 0.2) is 0 Å². The maximum atomic E-state index is 0. The van der Waals surface area contributed by atoms with Crippen molar-refractivity contribution in [3.63, 3.8) is 0 Å². The molecule has 0 heterocycles. The Balaban J connectivity index is 0. The van der Waals surface area contributed by atoms with Gasteiger partial charge in [-0.15, -0.1) is 0 Å². The normalized spacial score (nSPS) is 0. The van der Waals surface area contributed by atoms with E-state index in [0.29, 0.717) is 0 Å². The Morgan fingerprint density at radius 3 is 0.429 bits per heavy atom. The van der Waals surface area contributed by atoms with Crippen molar-refractivity contribution in [2.24, 2.45) is 0 Å². The Kier molecular flexibility index (Phi) is 210000. The van der Waals surface area contributed by atoms with Gasteiger partial charge in [0.1, 0.15) is 0 Å². The molecule has 10 N–H and O–H groups in total. The Bertz CT molecular complexity index is 4.14. The van der Waals surface area contributed by atoms with Crippen molar-refractivity contribution in [3.05, 3.63) is 0 Å². The van der Waals surface area contributed by atoms with E-state index in [4.69, 9.17) is 0 Å². The number of hydrogen-bond acceptors (Lipinski definition) is 2. The van der Waals surface area contributed by atoms with Gasteiger partial charge in [-0.3, -0.25) is 0 Å². The van der Waals surface area contributed by atoms with Crippen molar-refractivity contribution in [1.82, 2.24) is 0 Å². The van der Waals surface area contributed by atoms with Crippen LogP contribution in [0.3, 0.4) is 0 Å². The summed E-state index contributed by atoms with van der Waals surface area (Å²) in [5, 5.41) is 0. The first-order valence-electron chi connectivity index (χ1n) is 0. The fourth-order valence-electron chi connectivity index (χ4n) is 0. The molecular formula is H10O6Pt. The van der Waals surface area contributed by atoms with E-state index in [1.54, 1.807) is 0 Å². The summed E-state index contributed by atoms with van der Waals surface area (Å²) in [6, 6.07) is 0. The van der Waals surface area contributed by atoms with Crippen molar-refractivity contribution >= 4 is 0 Å². The van der Waals surface area contributed by atoms with Crippen LogP contribution >= 0.6 is 0 Å². The molecule has 0 aliphatic rings. The van der Waals surface area contributed by atoms with Gasteiger partial charge in [-0.25, -0.2) is 0 Å². The second-order valence-corrected chi connectivity index (χ2v) is 0. The predicted molar refractivity (Wildman–Crippen MR) is 18.3 cm³/mol. The molecule has 56 valence electrons. The van der Waals surface area contributed by atoms with Gasteiger partial charge in [0, 0.05) is 0 Å². The van der Waals surface area contributed by atoms with E-state index in [-0.39, 0.29) is 53.9 Å². The van der Waals surface area contributed by atoms with Crippen LogP contribution in [-0.4, -0.2) is 32.9 Å². The van der Waals surface area contributed by atoms with E-state index in [2.05, 4.69) is 0 Å². The Morgan fingerprint density at radius 1 is 0.429 bits per heavy atom. The average molecular weight is 301 g/mol. The molecule has 7 heteroatoms.